The number of nitrogens with one attached hydrogen (secondary N) is 1. The molecule has 0 aliphatic carbocycles. The van der Waals surface area contributed by atoms with Crippen LogP contribution in [0.25, 0.3) is 21.0 Å². The molecule has 1 aromatic heterocycles. The molecule has 0 radical (unpaired) electrons. The average molecular weight is 430 g/mol. The topological polar surface area (TPSA) is 57.6 Å². The van der Waals surface area contributed by atoms with Crippen molar-refractivity contribution in [3.05, 3.63) is 29.8 Å². The second kappa shape index (κ2) is 9.75. The summed E-state index contributed by atoms with van der Waals surface area (Å²) in [4.78, 5) is 7.24. The molecule has 8 heteroatoms. The highest BCUT2D eigenvalue weighted by Gasteiger charge is 2.12. The maximum atomic E-state index is 10.0. The normalized spacial score (nSPS) is 14.7. The molecule has 0 saturated carbocycles. The van der Waals surface area contributed by atoms with Crippen molar-refractivity contribution in [3.63, 3.8) is 0 Å². The molecule has 1 aliphatic heterocycles. The number of fused-ring (bicyclic) bond motifs is 3. The van der Waals surface area contributed by atoms with Gasteiger partial charge in [-0.05, 0) is 37.4 Å². The molecular formula is C19H25Cl2N3O2S. The molecule has 1 aliphatic rings. The van der Waals surface area contributed by atoms with Crippen molar-refractivity contribution >= 4 is 62.3 Å². The number of aromatic hydroxyl groups is 1. The Bertz CT molecular complexity index is 897. The number of phenolic OH excluding ortho intramolecular Hbond substituents is 1. The third-order valence-electron chi connectivity index (χ3n) is 4.80. The minimum atomic E-state index is 0. The summed E-state index contributed by atoms with van der Waals surface area (Å²) < 4.78 is 6.53. The summed E-state index contributed by atoms with van der Waals surface area (Å²) >= 11 is 1.68. The summed E-state index contributed by atoms with van der Waals surface area (Å²) in [7, 11) is 0. The third kappa shape index (κ3) is 4.76. The third-order valence-corrected chi connectivity index (χ3v) is 5.78. The van der Waals surface area contributed by atoms with E-state index in [0.717, 1.165) is 77.5 Å². The number of benzene rings is 2. The molecule has 0 unspecified atom stereocenters. The zero-order valence-corrected chi connectivity index (χ0v) is 17.7. The van der Waals surface area contributed by atoms with E-state index in [2.05, 4.69) is 22.3 Å². The maximum absolute atomic E-state index is 10.0. The minimum absolute atomic E-state index is 0. The van der Waals surface area contributed by atoms with E-state index in [0.29, 0.717) is 5.75 Å². The summed E-state index contributed by atoms with van der Waals surface area (Å²) in [6.45, 7) is 7.74. The number of halogens is 2. The molecular weight excluding hydrogens is 405 g/mol. The van der Waals surface area contributed by atoms with E-state index in [9.17, 15) is 5.11 Å². The Labute approximate surface area is 175 Å². The standard InChI is InChI=1S/C19H23N3O2S.2ClH/c1-13-15(23)5-3-14-4-6-16-18(17(13)14)21-19(25-16)20-7-2-8-22-9-11-24-12-10-22;;/h3-6,23H,2,7-12H2,1H3,(H,20,21);2*1H. The number of morpholine rings is 1. The summed E-state index contributed by atoms with van der Waals surface area (Å²) in [5.41, 5.74) is 1.87. The monoisotopic (exact) mass is 429 g/mol. The number of thiazole rings is 1. The van der Waals surface area contributed by atoms with Gasteiger partial charge in [0.15, 0.2) is 5.13 Å². The lowest BCUT2D eigenvalue weighted by atomic mass is 10.0. The van der Waals surface area contributed by atoms with Gasteiger partial charge in [-0.2, -0.15) is 0 Å². The van der Waals surface area contributed by atoms with Crippen LogP contribution in [-0.4, -0.2) is 54.4 Å². The lowest BCUT2D eigenvalue weighted by Crippen LogP contribution is -2.37. The Morgan fingerprint density at radius 1 is 1.19 bits per heavy atom. The molecule has 148 valence electrons. The van der Waals surface area contributed by atoms with Crippen LogP contribution in [0.1, 0.15) is 12.0 Å². The van der Waals surface area contributed by atoms with Crippen molar-refractivity contribution in [1.29, 1.82) is 0 Å². The van der Waals surface area contributed by atoms with E-state index in [4.69, 9.17) is 9.72 Å². The van der Waals surface area contributed by atoms with Crippen molar-refractivity contribution in [1.82, 2.24) is 9.88 Å². The predicted molar refractivity (Wildman–Crippen MR) is 118 cm³/mol. The van der Waals surface area contributed by atoms with Crippen LogP contribution in [0.4, 0.5) is 5.13 Å². The second-order valence-corrected chi connectivity index (χ2v) is 7.50. The first kappa shape index (κ1) is 22.0. The van der Waals surface area contributed by atoms with E-state index < -0.39 is 0 Å². The maximum Gasteiger partial charge on any atom is 0.183 e. The fourth-order valence-corrected chi connectivity index (χ4v) is 4.26. The van der Waals surface area contributed by atoms with Gasteiger partial charge in [0.25, 0.3) is 0 Å². The molecule has 27 heavy (non-hydrogen) atoms. The van der Waals surface area contributed by atoms with Crippen molar-refractivity contribution in [2.75, 3.05) is 44.7 Å². The smallest absolute Gasteiger partial charge is 0.183 e. The van der Waals surface area contributed by atoms with Crippen LogP contribution in [-0.2, 0) is 4.74 Å². The van der Waals surface area contributed by atoms with Gasteiger partial charge in [-0.15, -0.1) is 24.8 Å². The van der Waals surface area contributed by atoms with Crippen LogP contribution in [0, 0.1) is 6.92 Å². The van der Waals surface area contributed by atoms with Gasteiger partial charge in [0.2, 0.25) is 0 Å². The number of aryl methyl sites for hydroxylation is 1. The van der Waals surface area contributed by atoms with Gasteiger partial charge in [-0.3, -0.25) is 4.90 Å². The SMILES string of the molecule is Cc1c(O)ccc2ccc3sc(NCCCN4CCOCC4)nc3c12.Cl.Cl. The molecule has 1 saturated heterocycles. The largest absolute Gasteiger partial charge is 0.508 e. The molecule has 0 spiro atoms. The molecule has 0 amide bonds. The lowest BCUT2D eigenvalue weighted by Gasteiger charge is -2.26. The van der Waals surface area contributed by atoms with Gasteiger partial charge in [0, 0.05) is 30.6 Å². The Hall–Kier alpha value is -1.31. The summed E-state index contributed by atoms with van der Waals surface area (Å²) in [6, 6.07) is 7.92. The van der Waals surface area contributed by atoms with Crippen molar-refractivity contribution in [2.24, 2.45) is 0 Å². The molecule has 0 atom stereocenters. The number of ether oxygens (including phenoxy) is 1. The first-order valence-electron chi connectivity index (χ1n) is 8.78. The van der Waals surface area contributed by atoms with Gasteiger partial charge < -0.3 is 15.2 Å². The Balaban J connectivity index is 0.00000131. The summed E-state index contributed by atoms with van der Waals surface area (Å²) in [6.07, 6.45) is 1.09. The quantitative estimate of drug-likeness (QED) is 0.586. The molecule has 5 nitrogen and oxygen atoms in total. The van der Waals surface area contributed by atoms with E-state index in [1.54, 1.807) is 17.4 Å². The van der Waals surface area contributed by atoms with Gasteiger partial charge in [0.05, 0.1) is 23.4 Å². The number of nitrogens with zero attached hydrogens (tertiary/aromatic N) is 2. The van der Waals surface area contributed by atoms with Crippen molar-refractivity contribution < 1.29 is 9.84 Å². The first-order chi connectivity index (χ1) is 12.2. The Kier molecular flexibility index (Phi) is 7.94. The highest BCUT2D eigenvalue weighted by molar-refractivity contribution is 7.22. The highest BCUT2D eigenvalue weighted by atomic mass is 35.5. The van der Waals surface area contributed by atoms with Crippen LogP contribution >= 0.6 is 36.2 Å². The Morgan fingerprint density at radius 3 is 2.70 bits per heavy atom. The van der Waals surface area contributed by atoms with Crippen LogP contribution in [0.2, 0.25) is 0 Å². The fraction of sp³-hybridized carbons (Fsp3) is 0.421. The predicted octanol–water partition coefficient (Wildman–Crippen LogP) is 4.44. The summed E-state index contributed by atoms with van der Waals surface area (Å²) in [5, 5.41) is 16.6. The lowest BCUT2D eigenvalue weighted by molar-refractivity contribution is 0.0378. The number of hydrogen-bond donors (Lipinski definition) is 2. The van der Waals surface area contributed by atoms with Crippen molar-refractivity contribution in [2.45, 2.75) is 13.3 Å². The average Bonchev–Trinajstić information content (AvgIpc) is 3.05. The van der Waals surface area contributed by atoms with E-state index in [-0.39, 0.29) is 24.8 Å². The molecule has 0 bridgehead atoms. The Morgan fingerprint density at radius 2 is 1.93 bits per heavy atom. The van der Waals surface area contributed by atoms with Crippen LogP contribution < -0.4 is 5.32 Å². The van der Waals surface area contributed by atoms with Crippen LogP contribution in [0.5, 0.6) is 5.75 Å². The number of rotatable bonds is 5. The molecule has 1 fully saturated rings. The number of anilines is 1. The van der Waals surface area contributed by atoms with Gasteiger partial charge >= 0.3 is 0 Å². The van der Waals surface area contributed by atoms with Crippen LogP contribution in [0.3, 0.4) is 0 Å². The first-order valence-corrected chi connectivity index (χ1v) is 9.60. The molecule has 3 aromatic rings. The van der Waals surface area contributed by atoms with E-state index in [1.807, 2.05) is 13.0 Å². The molecule has 2 aromatic carbocycles. The van der Waals surface area contributed by atoms with E-state index in [1.165, 1.54) is 0 Å². The van der Waals surface area contributed by atoms with E-state index >= 15 is 0 Å². The molecule has 2 heterocycles. The minimum Gasteiger partial charge on any atom is -0.508 e. The number of hydrogen-bond acceptors (Lipinski definition) is 6. The second-order valence-electron chi connectivity index (χ2n) is 6.47. The highest BCUT2D eigenvalue weighted by Crippen LogP contribution is 2.36. The fourth-order valence-electron chi connectivity index (χ4n) is 3.36. The summed E-state index contributed by atoms with van der Waals surface area (Å²) in [5.74, 6) is 0.327. The molecule has 4 rings (SSSR count). The van der Waals surface area contributed by atoms with Crippen molar-refractivity contribution in [3.8, 4) is 5.75 Å². The number of aromatic nitrogens is 1. The van der Waals surface area contributed by atoms with Crippen LogP contribution in [0.15, 0.2) is 24.3 Å². The van der Waals surface area contributed by atoms with Gasteiger partial charge in [-0.25, -0.2) is 4.98 Å². The molecule has 2 N–H and O–H groups in total. The van der Waals surface area contributed by atoms with Gasteiger partial charge in [0.1, 0.15) is 5.75 Å². The van der Waals surface area contributed by atoms with Gasteiger partial charge in [-0.1, -0.05) is 23.5 Å². The zero-order chi connectivity index (χ0) is 17.2. The zero-order valence-electron chi connectivity index (χ0n) is 15.2. The number of phenols is 1.